The third-order valence-corrected chi connectivity index (χ3v) is 4.66. The quantitative estimate of drug-likeness (QED) is 0.770. The predicted octanol–water partition coefficient (Wildman–Crippen LogP) is 3.02. The average molecular weight is 354 g/mol. The van der Waals surface area contributed by atoms with E-state index in [1.54, 1.807) is 29.2 Å². The summed E-state index contributed by atoms with van der Waals surface area (Å²) in [5.41, 5.74) is 2.75. The van der Waals surface area contributed by atoms with Gasteiger partial charge in [0.15, 0.2) is 0 Å². The van der Waals surface area contributed by atoms with E-state index < -0.39 is 0 Å². The topological polar surface area (TPSA) is 58.1 Å². The van der Waals surface area contributed by atoms with Crippen molar-refractivity contribution in [2.45, 2.75) is 13.0 Å². The number of aromatic amines is 1. The van der Waals surface area contributed by atoms with Crippen molar-refractivity contribution in [2.24, 2.45) is 0 Å². The molecule has 6 heteroatoms. The van der Waals surface area contributed by atoms with Gasteiger partial charge in [0, 0.05) is 29.2 Å². The smallest absolute Gasteiger partial charge is 0.276 e. The zero-order valence-electron chi connectivity index (χ0n) is 13.4. The van der Waals surface area contributed by atoms with Crippen molar-refractivity contribution < 1.29 is 4.79 Å². The van der Waals surface area contributed by atoms with Gasteiger partial charge in [0.1, 0.15) is 0 Å². The lowest BCUT2D eigenvalue weighted by Crippen LogP contribution is -2.37. The van der Waals surface area contributed by atoms with Gasteiger partial charge in [0.2, 0.25) is 0 Å². The number of benzene rings is 2. The number of hydrogen-bond acceptors (Lipinski definition) is 2. The van der Waals surface area contributed by atoms with Crippen LogP contribution in [0.2, 0.25) is 5.02 Å². The molecule has 0 saturated carbocycles. The van der Waals surface area contributed by atoms with Crippen molar-refractivity contribution in [1.82, 2.24) is 14.7 Å². The molecule has 0 radical (unpaired) electrons. The van der Waals surface area contributed by atoms with Crippen LogP contribution in [0.1, 0.15) is 21.6 Å². The molecule has 5 nitrogen and oxygen atoms in total. The van der Waals surface area contributed by atoms with E-state index in [1.165, 1.54) is 4.68 Å². The number of carbonyl (C=O) groups excluding carboxylic acids is 1. The molecule has 4 rings (SSSR count). The minimum atomic E-state index is -0.111. The van der Waals surface area contributed by atoms with Crippen LogP contribution in [0, 0.1) is 0 Å². The van der Waals surface area contributed by atoms with Crippen molar-refractivity contribution in [3.63, 3.8) is 0 Å². The maximum Gasteiger partial charge on any atom is 0.276 e. The molecule has 0 spiro atoms. The van der Waals surface area contributed by atoms with Gasteiger partial charge < -0.3 is 4.90 Å². The Bertz CT molecular complexity index is 991. The summed E-state index contributed by atoms with van der Waals surface area (Å²) in [7, 11) is 0. The van der Waals surface area contributed by atoms with E-state index in [0.717, 1.165) is 11.4 Å². The standard InChI is InChI=1S/C19H16ClN3O2/c20-14-6-4-5-13(11-14)18(24)22-10-9-17-16(12-22)19(25)23(21-17)15-7-2-1-3-8-15/h1-8,11,21H,9-10,12H2. The molecule has 0 fully saturated rings. The number of nitrogens with one attached hydrogen (secondary N) is 1. The Labute approximate surface area is 149 Å². The highest BCUT2D eigenvalue weighted by molar-refractivity contribution is 6.30. The van der Waals surface area contributed by atoms with Crippen molar-refractivity contribution >= 4 is 17.5 Å². The van der Waals surface area contributed by atoms with Crippen molar-refractivity contribution in [2.75, 3.05) is 6.54 Å². The molecule has 126 valence electrons. The maximum atomic E-state index is 12.7. The van der Waals surface area contributed by atoms with Crippen LogP contribution < -0.4 is 5.56 Å². The fraction of sp³-hybridized carbons (Fsp3) is 0.158. The fourth-order valence-corrected chi connectivity index (χ4v) is 3.33. The Kier molecular flexibility index (Phi) is 3.93. The third kappa shape index (κ3) is 2.87. The lowest BCUT2D eigenvalue weighted by molar-refractivity contribution is 0.0734. The van der Waals surface area contributed by atoms with E-state index in [1.807, 2.05) is 30.3 Å². The van der Waals surface area contributed by atoms with Gasteiger partial charge in [-0.2, -0.15) is 0 Å². The van der Waals surface area contributed by atoms with Gasteiger partial charge >= 0.3 is 0 Å². The molecule has 0 aliphatic carbocycles. The molecule has 0 atom stereocenters. The van der Waals surface area contributed by atoms with Crippen LogP contribution in [0.25, 0.3) is 5.69 Å². The Balaban J connectivity index is 1.65. The second-order valence-electron chi connectivity index (χ2n) is 6.03. The normalized spacial score (nSPS) is 13.6. The summed E-state index contributed by atoms with van der Waals surface area (Å²) >= 11 is 5.98. The van der Waals surface area contributed by atoms with Crippen LogP contribution in [0.5, 0.6) is 0 Å². The van der Waals surface area contributed by atoms with Crippen LogP contribution in [-0.2, 0) is 13.0 Å². The number of nitrogens with zero attached hydrogens (tertiary/aromatic N) is 2. The molecule has 1 amide bonds. The number of aromatic nitrogens is 2. The van der Waals surface area contributed by atoms with Gasteiger partial charge in [0.05, 0.1) is 17.8 Å². The Hall–Kier alpha value is -2.79. The number of amides is 1. The SMILES string of the molecule is O=C(c1cccc(Cl)c1)N1CCc2[nH]n(-c3ccccc3)c(=O)c2C1. The van der Waals surface area contributed by atoms with Gasteiger partial charge in [-0.15, -0.1) is 0 Å². The van der Waals surface area contributed by atoms with Gasteiger partial charge in [-0.25, -0.2) is 4.68 Å². The van der Waals surface area contributed by atoms with Crippen LogP contribution in [0.15, 0.2) is 59.4 Å². The number of para-hydroxylation sites is 1. The summed E-state index contributed by atoms with van der Waals surface area (Å²) in [5.74, 6) is -0.111. The molecule has 1 aliphatic heterocycles. The highest BCUT2D eigenvalue weighted by Gasteiger charge is 2.26. The minimum Gasteiger partial charge on any atom is -0.334 e. The first-order chi connectivity index (χ1) is 12.1. The first kappa shape index (κ1) is 15.7. The van der Waals surface area contributed by atoms with Crippen LogP contribution in [0.3, 0.4) is 0 Å². The van der Waals surface area contributed by atoms with E-state index in [0.29, 0.717) is 35.7 Å². The number of H-pyrrole nitrogens is 1. The van der Waals surface area contributed by atoms with Gasteiger partial charge in [-0.3, -0.25) is 14.7 Å². The van der Waals surface area contributed by atoms with Crippen molar-refractivity contribution in [3.8, 4) is 5.69 Å². The molecule has 1 aliphatic rings. The number of hydrogen-bond donors (Lipinski definition) is 1. The number of rotatable bonds is 2. The van der Waals surface area contributed by atoms with Crippen molar-refractivity contribution in [1.29, 1.82) is 0 Å². The highest BCUT2D eigenvalue weighted by Crippen LogP contribution is 2.19. The molecule has 1 N–H and O–H groups in total. The molecule has 2 heterocycles. The first-order valence-corrected chi connectivity index (χ1v) is 8.44. The lowest BCUT2D eigenvalue weighted by Gasteiger charge is -2.26. The van der Waals surface area contributed by atoms with Gasteiger partial charge in [0.25, 0.3) is 11.5 Å². The van der Waals surface area contributed by atoms with E-state index in [-0.39, 0.29) is 11.5 Å². The fourth-order valence-electron chi connectivity index (χ4n) is 3.14. The van der Waals surface area contributed by atoms with Crippen LogP contribution in [-0.4, -0.2) is 27.1 Å². The van der Waals surface area contributed by atoms with E-state index >= 15 is 0 Å². The van der Waals surface area contributed by atoms with Gasteiger partial charge in [-0.05, 0) is 30.3 Å². The van der Waals surface area contributed by atoms with Gasteiger partial charge in [-0.1, -0.05) is 35.9 Å². The van der Waals surface area contributed by atoms with E-state index in [4.69, 9.17) is 11.6 Å². The minimum absolute atomic E-state index is 0.107. The van der Waals surface area contributed by atoms with Crippen LogP contribution in [0.4, 0.5) is 0 Å². The molecular formula is C19H16ClN3O2. The van der Waals surface area contributed by atoms with E-state index in [2.05, 4.69) is 5.10 Å². The summed E-state index contributed by atoms with van der Waals surface area (Å²) in [6.45, 7) is 0.864. The van der Waals surface area contributed by atoms with Crippen molar-refractivity contribution in [3.05, 3.63) is 86.8 Å². The number of fused-ring (bicyclic) bond motifs is 1. The Morgan fingerprint density at radius 2 is 1.88 bits per heavy atom. The highest BCUT2D eigenvalue weighted by atomic mass is 35.5. The lowest BCUT2D eigenvalue weighted by atomic mass is 10.1. The summed E-state index contributed by atoms with van der Waals surface area (Å²) in [6.07, 6.45) is 0.622. The number of halogens is 1. The second kappa shape index (κ2) is 6.26. The summed E-state index contributed by atoms with van der Waals surface area (Å²) < 4.78 is 1.54. The first-order valence-electron chi connectivity index (χ1n) is 8.06. The molecule has 0 saturated heterocycles. The summed E-state index contributed by atoms with van der Waals surface area (Å²) in [6, 6.07) is 16.3. The summed E-state index contributed by atoms with van der Waals surface area (Å²) in [5, 5.41) is 3.70. The maximum absolute atomic E-state index is 12.7. The predicted molar refractivity (Wildman–Crippen MR) is 96.3 cm³/mol. The summed E-state index contributed by atoms with van der Waals surface area (Å²) in [4.78, 5) is 27.1. The second-order valence-corrected chi connectivity index (χ2v) is 6.47. The average Bonchev–Trinajstić information content (AvgIpc) is 2.98. The Morgan fingerprint density at radius 1 is 1.08 bits per heavy atom. The number of carbonyl (C=O) groups is 1. The molecule has 25 heavy (non-hydrogen) atoms. The molecular weight excluding hydrogens is 338 g/mol. The Morgan fingerprint density at radius 3 is 2.64 bits per heavy atom. The zero-order valence-corrected chi connectivity index (χ0v) is 14.2. The third-order valence-electron chi connectivity index (χ3n) is 4.43. The zero-order chi connectivity index (χ0) is 17.4. The van der Waals surface area contributed by atoms with Crippen LogP contribution >= 0.6 is 11.6 Å². The molecule has 2 aromatic carbocycles. The largest absolute Gasteiger partial charge is 0.334 e. The van der Waals surface area contributed by atoms with E-state index in [9.17, 15) is 9.59 Å². The molecule has 1 aromatic heterocycles. The molecule has 0 unspecified atom stereocenters. The molecule has 3 aromatic rings. The monoisotopic (exact) mass is 353 g/mol. The molecule has 0 bridgehead atoms.